The van der Waals surface area contributed by atoms with Crippen LogP contribution >= 0.6 is 0 Å². The average Bonchev–Trinajstić information content (AvgIpc) is 1.96. The maximum atomic E-state index is 8.89. The summed E-state index contributed by atoms with van der Waals surface area (Å²) in [6.45, 7) is 5.14. The van der Waals surface area contributed by atoms with Crippen molar-refractivity contribution in [3.63, 3.8) is 0 Å². The molecule has 0 aliphatic rings. The monoisotopic (exact) mass is 181 g/mol. The topological polar surface area (TPSA) is 67.8 Å². The van der Waals surface area contributed by atoms with Crippen molar-refractivity contribution in [1.29, 1.82) is 0 Å². The number of quaternary nitrogens is 1. The largest absolute Gasteiger partial charge is 0.550 e. The summed E-state index contributed by atoms with van der Waals surface area (Å²) in [6.07, 6.45) is 0. The maximum absolute atomic E-state index is 8.89. The summed E-state index contributed by atoms with van der Waals surface area (Å²) in [7, 11) is 0. The van der Waals surface area contributed by atoms with E-state index in [4.69, 9.17) is 9.90 Å². The van der Waals surface area contributed by atoms with Gasteiger partial charge in [0.2, 0.25) is 0 Å². The third kappa shape index (κ3) is 5.87. The van der Waals surface area contributed by atoms with E-state index in [1.165, 1.54) is 11.1 Å². The molecule has 0 heterocycles. The highest BCUT2D eigenvalue weighted by molar-refractivity contribution is 5.60. The van der Waals surface area contributed by atoms with E-state index in [2.05, 4.69) is 31.7 Å². The molecule has 1 aromatic rings. The summed E-state index contributed by atoms with van der Waals surface area (Å²) in [5.74, 6) is -1.08. The van der Waals surface area contributed by atoms with Crippen molar-refractivity contribution < 1.29 is 15.6 Å². The maximum Gasteiger partial charge on any atom is 0.130 e. The highest BCUT2D eigenvalue weighted by Gasteiger charge is 1.93. The van der Waals surface area contributed by atoms with E-state index in [0.717, 1.165) is 12.6 Å². The number of carbonyl (C=O) groups excluding carboxylic acids is 1. The van der Waals surface area contributed by atoms with Gasteiger partial charge in [0.1, 0.15) is 5.69 Å². The van der Waals surface area contributed by atoms with Crippen molar-refractivity contribution in [3.05, 3.63) is 29.3 Å². The Labute approximate surface area is 78.2 Å². The van der Waals surface area contributed by atoms with E-state index in [-0.39, 0.29) is 0 Å². The minimum atomic E-state index is -1.08. The minimum absolute atomic E-state index is 0.972. The van der Waals surface area contributed by atoms with Gasteiger partial charge in [-0.1, -0.05) is 17.7 Å². The number of hydrogen-bond donors (Lipinski definition) is 1. The molecule has 0 saturated heterocycles. The minimum Gasteiger partial charge on any atom is -0.550 e. The van der Waals surface area contributed by atoms with Gasteiger partial charge in [0.25, 0.3) is 0 Å². The molecule has 0 atom stereocenters. The molecule has 1 aromatic carbocycles. The van der Waals surface area contributed by atoms with Crippen LogP contribution in [0.5, 0.6) is 0 Å². The molecule has 0 spiro atoms. The number of aliphatic carboxylic acids is 1. The second-order valence-electron chi connectivity index (χ2n) is 2.92. The van der Waals surface area contributed by atoms with Gasteiger partial charge >= 0.3 is 0 Å². The molecular weight excluding hydrogens is 166 g/mol. The molecule has 3 nitrogen and oxygen atoms in total. The molecular formula is C10H15NO2. The second-order valence-corrected chi connectivity index (χ2v) is 2.92. The van der Waals surface area contributed by atoms with Crippen molar-refractivity contribution in [3.8, 4) is 0 Å². The Morgan fingerprint density at radius 3 is 2.15 bits per heavy atom. The molecule has 3 heteroatoms. The van der Waals surface area contributed by atoms with Crippen molar-refractivity contribution >= 4 is 11.7 Å². The zero-order valence-corrected chi connectivity index (χ0v) is 8.26. The first-order valence-electron chi connectivity index (χ1n) is 4.00. The first-order valence-corrected chi connectivity index (χ1v) is 4.00. The van der Waals surface area contributed by atoms with Crippen LogP contribution in [0.2, 0.25) is 0 Å². The fourth-order valence-corrected chi connectivity index (χ4v) is 0.846. The van der Waals surface area contributed by atoms with Gasteiger partial charge in [0.05, 0.1) is 0 Å². The molecule has 0 saturated carbocycles. The predicted molar refractivity (Wildman–Crippen MR) is 49.1 cm³/mol. The van der Waals surface area contributed by atoms with E-state index in [1.807, 2.05) is 6.07 Å². The van der Waals surface area contributed by atoms with Crippen molar-refractivity contribution in [2.24, 2.45) is 0 Å². The molecule has 0 radical (unpaired) electrons. The number of rotatable bonds is 0. The number of benzene rings is 1. The molecule has 0 bridgehead atoms. The normalized spacial score (nSPS) is 8.62. The SMILES string of the molecule is CC(=O)[O-].Cc1ccc([NH3+])c(C)c1. The molecule has 0 aliphatic heterocycles. The van der Waals surface area contributed by atoms with Crippen LogP contribution in [0, 0.1) is 13.8 Å². The Hall–Kier alpha value is -1.35. The molecule has 0 aromatic heterocycles. The molecule has 72 valence electrons. The van der Waals surface area contributed by atoms with E-state index >= 15 is 0 Å². The molecule has 0 amide bonds. The van der Waals surface area contributed by atoms with Gasteiger partial charge in [-0.05, 0) is 26.8 Å². The smallest absolute Gasteiger partial charge is 0.130 e. The summed E-state index contributed by atoms with van der Waals surface area (Å²) in [5, 5.41) is 8.89. The Balaban J connectivity index is 0.000000310. The van der Waals surface area contributed by atoms with Gasteiger partial charge < -0.3 is 15.6 Å². The van der Waals surface area contributed by atoms with Gasteiger partial charge in [-0.2, -0.15) is 0 Å². The molecule has 0 unspecified atom stereocenters. The number of hydrogen-bond acceptors (Lipinski definition) is 2. The molecule has 0 fully saturated rings. The second kappa shape index (κ2) is 5.32. The Bertz CT molecular complexity index is 291. The molecule has 3 N–H and O–H groups in total. The van der Waals surface area contributed by atoms with E-state index < -0.39 is 5.97 Å². The van der Waals surface area contributed by atoms with Crippen molar-refractivity contribution in [2.45, 2.75) is 20.8 Å². The van der Waals surface area contributed by atoms with Gasteiger partial charge in [0, 0.05) is 11.5 Å². The van der Waals surface area contributed by atoms with E-state index in [0.29, 0.717) is 0 Å². The van der Waals surface area contributed by atoms with Crippen LogP contribution < -0.4 is 10.8 Å². The molecule has 0 aliphatic carbocycles. The zero-order chi connectivity index (χ0) is 10.4. The average molecular weight is 181 g/mol. The molecule has 13 heavy (non-hydrogen) atoms. The van der Waals surface area contributed by atoms with Crippen LogP contribution in [0.15, 0.2) is 18.2 Å². The van der Waals surface area contributed by atoms with Gasteiger partial charge in [-0.15, -0.1) is 0 Å². The highest BCUT2D eigenvalue weighted by Crippen LogP contribution is 2.09. The summed E-state index contributed by atoms with van der Waals surface area (Å²) < 4.78 is 0. The van der Waals surface area contributed by atoms with Crippen LogP contribution in [-0.2, 0) is 4.79 Å². The van der Waals surface area contributed by atoms with Crippen molar-refractivity contribution in [2.75, 3.05) is 0 Å². The summed E-state index contributed by atoms with van der Waals surface area (Å²) in [4.78, 5) is 8.89. The lowest BCUT2D eigenvalue weighted by Crippen LogP contribution is -2.40. The third-order valence-electron chi connectivity index (χ3n) is 1.50. The van der Waals surface area contributed by atoms with Crippen molar-refractivity contribution in [1.82, 2.24) is 0 Å². The molecule has 1 rings (SSSR count). The third-order valence-corrected chi connectivity index (χ3v) is 1.50. The van der Waals surface area contributed by atoms with Crippen LogP contribution in [0.4, 0.5) is 5.69 Å². The zero-order valence-electron chi connectivity index (χ0n) is 8.26. The Morgan fingerprint density at radius 1 is 1.38 bits per heavy atom. The highest BCUT2D eigenvalue weighted by atomic mass is 16.4. The van der Waals surface area contributed by atoms with Gasteiger partial charge in [-0.3, -0.25) is 0 Å². The van der Waals surface area contributed by atoms with Gasteiger partial charge in [-0.25, -0.2) is 0 Å². The number of carboxylic acids is 1. The van der Waals surface area contributed by atoms with Gasteiger partial charge in [0.15, 0.2) is 0 Å². The first-order chi connectivity index (χ1) is 5.93. The summed E-state index contributed by atoms with van der Waals surface area (Å²) in [6, 6.07) is 6.27. The fraction of sp³-hybridized carbons (Fsp3) is 0.300. The summed E-state index contributed by atoms with van der Waals surface area (Å²) >= 11 is 0. The van der Waals surface area contributed by atoms with Crippen LogP contribution in [0.3, 0.4) is 0 Å². The predicted octanol–water partition coefficient (Wildman–Crippen LogP) is -0.0670. The first kappa shape index (κ1) is 11.6. The Morgan fingerprint density at radius 2 is 1.85 bits per heavy atom. The lowest BCUT2D eigenvalue weighted by molar-refractivity contribution is -0.302. The summed E-state index contributed by atoms with van der Waals surface area (Å²) in [5.41, 5.74) is 7.57. The standard InChI is InChI=1S/C8H11N.C2H4O2/c1-6-3-4-8(9)7(2)5-6;1-2(3)4/h3-5H,9H2,1-2H3;1H3,(H,3,4). The fourth-order valence-electron chi connectivity index (χ4n) is 0.846. The Kier molecular flexibility index (Phi) is 4.77. The number of carboxylic acid groups (broad SMARTS) is 1. The lowest BCUT2D eigenvalue weighted by Gasteiger charge is -1.94. The number of aryl methyl sites for hydroxylation is 2. The van der Waals surface area contributed by atoms with Crippen LogP contribution in [-0.4, -0.2) is 5.97 Å². The quantitative estimate of drug-likeness (QED) is 0.609. The number of carbonyl (C=O) groups is 1. The van der Waals surface area contributed by atoms with E-state index in [1.54, 1.807) is 0 Å². The van der Waals surface area contributed by atoms with Crippen LogP contribution in [0.25, 0.3) is 0 Å². The van der Waals surface area contributed by atoms with E-state index in [9.17, 15) is 0 Å². The van der Waals surface area contributed by atoms with Crippen LogP contribution in [0.1, 0.15) is 18.1 Å². The lowest BCUT2D eigenvalue weighted by atomic mass is 10.1.